The molecule has 1 N–H and O–H groups in total. The Kier molecular flexibility index (Phi) is 5.93. The van der Waals surface area contributed by atoms with Crippen molar-refractivity contribution in [2.75, 3.05) is 32.7 Å². The van der Waals surface area contributed by atoms with E-state index in [4.69, 9.17) is 0 Å². The number of nitrogens with one attached hydrogen (secondary N) is 1. The van der Waals surface area contributed by atoms with Gasteiger partial charge in [-0.15, -0.1) is 0 Å². The fourth-order valence-corrected chi connectivity index (χ4v) is 3.44. The summed E-state index contributed by atoms with van der Waals surface area (Å²) >= 11 is 0. The van der Waals surface area contributed by atoms with Crippen LogP contribution in [-0.4, -0.2) is 64.9 Å². The highest BCUT2D eigenvalue weighted by Crippen LogP contribution is 2.15. The Morgan fingerprint density at radius 3 is 2.54 bits per heavy atom. The largest absolute Gasteiger partial charge is 0.353 e. The van der Waals surface area contributed by atoms with E-state index in [1.54, 1.807) is 0 Å². The number of para-hydroxylation sites is 1. The van der Waals surface area contributed by atoms with Gasteiger partial charge >= 0.3 is 0 Å². The molecule has 1 aromatic heterocycles. The van der Waals surface area contributed by atoms with Crippen molar-refractivity contribution in [3.63, 3.8) is 0 Å². The van der Waals surface area contributed by atoms with Crippen molar-refractivity contribution < 1.29 is 9.59 Å². The summed E-state index contributed by atoms with van der Waals surface area (Å²) in [6.45, 7) is 7.93. The average molecular weight is 356 g/mol. The van der Waals surface area contributed by atoms with Crippen molar-refractivity contribution in [3.8, 4) is 0 Å². The minimum Gasteiger partial charge on any atom is -0.353 e. The monoisotopic (exact) mass is 356 g/mol. The summed E-state index contributed by atoms with van der Waals surface area (Å²) in [6, 6.07) is 10.5. The number of nitrogens with zero attached hydrogens (tertiary/aromatic N) is 3. The molecule has 1 aliphatic heterocycles. The summed E-state index contributed by atoms with van der Waals surface area (Å²) in [5, 5.41) is 4.11. The summed E-state index contributed by atoms with van der Waals surface area (Å²) in [5.41, 5.74) is 1.17. The van der Waals surface area contributed by atoms with Crippen molar-refractivity contribution in [1.82, 2.24) is 19.7 Å². The molecular formula is C20H28N4O2. The van der Waals surface area contributed by atoms with Gasteiger partial charge in [0.15, 0.2) is 0 Å². The maximum absolute atomic E-state index is 12.5. The minimum absolute atomic E-state index is 0.0549. The molecule has 1 aliphatic rings. The number of benzene rings is 1. The van der Waals surface area contributed by atoms with Crippen LogP contribution < -0.4 is 5.32 Å². The van der Waals surface area contributed by atoms with Crippen LogP contribution in [0.5, 0.6) is 0 Å². The van der Waals surface area contributed by atoms with E-state index in [0.717, 1.165) is 13.1 Å². The van der Waals surface area contributed by atoms with Crippen molar-refractivity contribution in [2.45, 2.75) is 32.9 Å². The van der Waals surface area contributed by atoms with Gasteiger partial charge in [0.25, 0.3) is 0 Å². The molecule has 3 rings (SSSR count). The van der Waals surface area contributed by atoms with E-state index in [0.29, 0.717) is 32.6 Å². The van der Waals surface area contributed by atoms with E-state index < -0.39 is 0 Å². The first-order chi connectivity index (χ1) is 12.5. The van der Waals surface area contributed by atoms with E-state index >= 15 is 0 Å². The van der Waals surface area contributed by atoms with Gasteiger partial charge in [0.05, 0.1) is 6.54 Å². The van der Waals surface area contributed by atoms with Crippen LogP contribution in [0.25, 0.3) is 10.9 Å². The molecule has 1 saturated heterocycles. The second-order valence-corrected chi connectivity index (χ2v) is 7.20. The van der Waals surface area contributed by atoms with Gasteiger partial charge < -0.3 is 14.8 Å². The molecule has 6 heteroatoms. The molecule has 2 heterocycles. The fourth-order valence-electron chi connectivity index (χ4n) is 3.44. The molecule has 0 saturated carbocycles. The maximum atomic E-state index is 12.5. The van der Waals surface area contributed by atoms with Gasteiger partial charge in [0.1, 0.15) is 0 Å². The smallest absolute Gasteiger partial charge is 0.234 e. The highest BCUT2D eigenvalue weighted by Gasteiger charge is 2.22. The molecule has 0 spiro atoms. The van der Waals surface area contributed by atoms with Gasteiger partial charge in [-0.05, 0) is 31.4 Å². The van der Waals surface area contributed by atoms with Gasteiger partial charge in [-0.25, -0.2) is 0 Å². The van der Waals surface area contributed by atoms with E-state index in [1.807, 2.05) is 37.1 Å². The molecule has 6 nitrogen and oxygen atoms in total. The number of aromatic nitrogens is 1. The molecule has 1 aromatic carbocycles. The zero-order valence-corrected chi connectivity index (χ0v) is 15.6. The average Bonchev–Trinajstić information content (AvgIpc) is 3.03. The minimum atomic E-state index is 0.0549. The second-order valence-electron chi connectivity index (χ2n) is 7.20. The Hall–Kier alpha value is -2.34. The summed E-state index contributed by atoms with van der Waals surface area (Å²) < 4.78 is 2.14. The molecule has 2 aromatic rings. The van der Waals surface area contributed by atoms with Crippen LogP contribution in [-0.2, 0) is 16.1 Å². The molecule has 26 heavy (non-hydrogen) atoms. The normalized spacial score (nSPS) is 15.6. The fraction of sp³-hybridized carbons (Fsp3) is 0.500. The number of hydrogen-bond acceptors (Lipinski definition) is 3. The van der Waals surface area contributed by atoms with Gasteiger partial charge in [-0.2, -0.15) is 0 Å². The first kappa shape index (κ1) is 18.5. The standard InChI is InChI=1S/C20H28N4O2/c1-16(2)21-19(25)15-22-11-13-24(14-12-22)20(26)8-10-23-9-7-17-5-3-4-6-18(17)23/h3-7,9,16H,8,10-15H2,1-2H3,(H,21,25). The lowest BCUT2D eigenvalue weighted by Gasteiger charge is -2.34. The van der Waals surface area contributed by atoms with Crippen molar-refractivity contribution in [3.05, 3.63) is 36.5 Å². The van der Waals surface area contributed by atoms with Gasteiger partial charge in [0.2, 0.25) is 11.8 Å². The van der Waals surface area contributed by atoms with Crippen LogP contribution in [0.15, 0.2) is 36.5 Å². The van der Waals surface area contributed by atoms with Crippen LogP contribution in [0.3, 0.4) is 0 Å². The molecular weight excluding hydrogens is 328 g/mol. The predicted molar refractivity (Wildman–Crippen MR) is 103 cm³/mol. The van der Waals surface area contributed by atoms with Crippen LogP contribution >= 0.6 is 0 Å². The van der Waals surface area contributed by atoms with Crippen molar-refractivity contribution >= 4 is 22.7 Å². The molecule has 140 valence electrons. The zero-order valence-electron chi connectivity index (χ0n) is 15.6. The number of carbonyl (C=O) groups is 2. The number of amides is 2. The van der Waals surface area contributed by atoms with Crippen molar-refractivity contribution in [1.29, 1.82) is 0 Å². The number of aryl methyl sites for hydroxylation is 1. The summed E-state index contributed by atoms with van der Waals surface area (Å²) in [5.74, 6) is 0.244. The third kappa shape index (κ3) is 4.64. The topological polar surface area (TPSA) is 57.6 Å². The van der Waals surface area contributed by atoms with E-state index in [1.165, 1.54) is 10.9 Å². The van der Waals surface area contributed by atoms with Gasteiger partial charge in [-0.1, -0.05) is 18.2 Å². The molecule has 0 atom stereocenters. The zero-order chi connectivity index (χ0) is 18.5. The molecule has 0 bridgehead atoms. The van der Waals surface area contributed by atoms with Crippen molar-refractivity contribution in [2.24, 2.45) is 0 Å². The quantitative estimate of drug-likeness (QED) is 0.857. The SMILES string of the molecule is CC(C)NC(=O)CN1CCN(C(=O)CCn2ccc3ccccc32)CC1. The van der Waals surface area contributed by atoms with Crippen LogP contribution in [0.2, 0.25) is 0 Å². The Labute approximate surface area is 154 Å². The summed E-state index contributed by atoms with van der Waals surface area (Å²) in [7, 11) is 0. The molecule has 0 aliphatic carbocycles. The molecule has 0 radical (unpaired) electrons. The first-order valence-corrected chi connectivity index (χ1v) is 9.36. The van der Waals surface area contributed by atoms with Gasteiger partial charge in [-0.3, -0.25) is 14.5 Å². The number of rotatable bonds is 6. The Balaban J connectivity index is 1.44. The second kappa shape index (κ2) is 8.36. The Bertz CT molecular complexity index is 760. The van der Waals surface area contributed by atoms with Gasteiger partial charge in [0, 0.05) is 56.9 Å². The number of fused-ring (bicyclic) bond motifs is 1. The van der Waals surface area contributed by atoms with E-state index in [-0.39, 0.29) is 17.9 Å². The Morgan fingerprint density at radius 1 is 1.08 bits per heavy atom. The lowest BCUT2D eigenvalue weighted by atomic mass is 10.2. The Morgan fingerprint density at radius 2 is 1.81 bits per heavy atom. The predicted octanol–water partition coefficient (Wildman–Crippen LogP) is 1.70. The van der Waals surface area contributed by atoms with E-state index in [2.05, 4.69) is 33.0 Å². The van der Waals surface area contributed by atoms with Crippen LogP contribution in [0.1, 0.15) is 20.3 Å². The number of hydrogen-bond donors (Lipinski definition) is 1. The highest BCUT2D eigenvalue weighted by molar-refractivity contribution is 5.81. The maximum Gasteiger partial charge on any atom is 0.234 e. The molecule has 0 unspecified atom stereocenters. The molecule has 1 fully saturated rings. The number of piperazine rings is 1. The first-order valence-electron chi connectivity index (χ1n) is 9.36. The van der Waals surface area contributed by atoms with Crippen LogP contribution in [0, 0.1) is 0 Å². The molecule has 2 amide bonds. The summed E-state index contributed by atoms with van der Waals surface area (Å²) in [6.07, 6.45) is 2.55. The third-order valence-corrected chi connectivity index (χ3v) is 4.79. The third-order valence-electron chi connectivity index (χ3n) is 4.79. The highest BCUT2D eigenvalue weighted by atomic mass is 16.2. The van der Waals surface area contributed by atoms with E-state index in [9.17, 15) is 9.59 Å². The summed E-state index contributed by atoms with van der Waals surface area (Å²) in [4.78, 5) is 28.4. The lowest BCUT2D eigenvalue weighted by Crippen LogP contribution is -2.51. The lowest BCUT2D eigenvalue weighted by molar-refractivity contribution is -0.133. The number of carbonyl (C=O) groups excluding carboxylic acids is 2. The van der Waals surface area contributed by atoms with Crippen LogP contribution in [0.4, 0.5) is 0 Å².